The second-order valence-corrected chi connectivity index (χ2v) is 4.33. The zero-order valence-corrected chi connectivity index (χ0v) is 8.74. The largest absolute Gasteiger partial charge is 0.392 e. The molecule has 76 valence electrons. The second kappa shape index (κ2) is 3.74. The average molecular weight is 190 g/mol. The summed E-state index contributed by atoms with van der Waals surface area (Å²) in [5.41, 5.74) is 1.43. The molecular formula is C13H18O. The zero-order chi connectivity index (χ0) is 10.0. The lowest BCUT2D eigenvalue weighted by Gasteiger charge is -2.22. The van der Waals surface area contributed by atoms with Crippen LogP contribution in [0.1, 0.15) is 38.2 Å². The highest BCUT2D eigenvalue weighted by Crippen LogP contribution is 2.51. The van der Waals surface area contributed by atoms with Gasteiger partial charge in [-0.1, -0.05) is 43.7 Å². The van der Waals surface area contributed by atoms with E-state index in [9.17, 15) is 5.11 Å². The van der Waals surface area contributed by atoms with Crippen LogP contribution in [0, 0.1) is 0 Å². The first-order chi connectivity index (χ1) is 6.79. The minimum absolute atomic E-state index is 0.108. The fraction of sp³-hybridized carbons (Fsp3) is 0.538. The van der Waals surface area contributed by atoms with Crippen molar-refractivity contribution in [3.63, 3.8) is 0 Å². The van der Waals surface area contributed by atoms with E-state index in [1.54, 1.807) is 0 Å². The Hall–Kier alpha value is -0.820. The normalized spacial score (nSPS) is 20.4. The van der Waals surface area contributed by atoms with Crippen LogP contribution in [0.3, 0.4) is 0 Å². The molecule has 1 fully saturated rings. The Labute approximate surface area is 85.8 Å². The molecule has 0 unspecified atom stereocenters. The molecule has 1 saturated carbocycles. The van der Waals surface area contributed by atoms with Crippen molar-refractivity contribution >= 4 is 0 Å². The highest BCUT2D eigenvalue weighted by atomic mass is 16.3. The van der Waals surface area contributed by atoms with Crippen molar-refractivity contribution in [3.8, 4) is 0 Å². The predicted molar refractivity (Wildman–Crippen MR) is 58.3 cm³/mol. The summed E-state index contributed by atoms with van der Waals surface area (Å²) in [4.78, 5) is 0. The van der Waals surface area contributed by atoms with Crippen LogP contribution in [0.5, 0.6) is 0 Å². The third kappa shape index (κ3) is 1.57. The summed E-state index contributed by atoms with van der Waals surface area (Å²) >= 11 is 0. The third-order valence-electron chi connectivity index (χ3n) is 3.34. The fourth-order valence-electron chi connectivity index (χ4n) is 2.27. The zero-order valence-electron chi connectivity index (χ0n) is 8.74. The van der Waals surface area contributed by atoms with Crippen LogP contribution in [0.15, 0.2) is 30.3 Å². The maximum Gasteiger partial charge on any atom is 0.0636 e. The Balaban J connectivity index is 2.17. The Morgan fingerprint density at radius 1 is 1.29 bits per heavy atom. The molecule has 0 aliphatic heterocycles. The van der Waals surface area contributed by atoms with Gasteiger partial charge in [0.1, 0.15) is 0 Å². The van der Waals surface area contributed by atoms with E-state index in [2.05, 4.69) is 31.2 Å². The van der Waals surface area contributed by atoms with Crippen molar-refractivity contribution in [3.05, 3.63) is 35.9 Å². The van der Waals surface area contributed by atoms with Crippen molar-refractivity contribution in [2.45, 2.75) is 44.1 Å². The van der Waals surface area contributed by atoms with E-state index in [4.69, 9.17) is 0 Å². The molecule has 0 spiro atoms. The van der Waals surface area contributed by atoms with E-state index in [1.165, 1.54) is 5.56 Å². The van der Waals surface area contributed by atoms with Gasteiger partial charge >= 0.3 is 0 Å². The predicted octanol–water partition coefficient (Wildman–Crippen LogP) is 2.88. The summed E-state index contributed by atoms with van der Waals surface area (Å²) in [7, 11) is 0. The first-order valence-corrected chi connectivity index (χ1v) is 5.53. The van der Waals surface area contributed by atoms with Gasteiger partial charge in [-0.15, -0.1) is 0 Å². The smallest absolute Gasteiger partial charge is 0.0636 e. The van der Waals surface area contributed by atoms with E-state index in [0.717, 1.165) is 25.7 Å². The van der Waals surface area contributed by atoms with Gasteiger partial charge in [-0.25, -0.2) is 0 Å². The lowest BCUT2D eigenvalue weighted by Crippen LogP contribution is -2.25. The highest BCUT2D eigenvalue weighted by Gasteiger charge is 2.49. The second-order valence-electron chi connectivity index (χ2n) is 4.33. The van der Waals surface area contributed by atoms with Crippen LogP contribution in [0.4, 0.5) is 0 Å². The minimum atomic E-state index is -0.144. The summed E-state index contributed by atoms with van der Waals surface area (Å²) in [5.74, 6) is 0. The van der Waals surface area contributed by atoms with Gasteiger partial charge in [0, 0.05) is 5.41 Å². The molecule has 0 saturated heterocycles. The highest BCUT2D eigenvalue weighted by molar-refractivity contribution is 5.32. The molecule has 0 amide bonds. The lowest BCUT2D eigenvalue weighted by molar-refractivity contribution is 0.121. The molecule has 2 rings (SSSR count). The van der Waals surface area contributed by atoms with Crippen molar-refractivity contribution in [1.82, 2.24) is 0 Å². The number of hydrogen-bond donors (Lipinski definition) is 1. The molecular weight excluding hydrogens is 172 g/mol. The van der Waals surface area contributed by atoms with Crippen molar-refractivity contribution in [2.75, 3.05) is 0 Å². The molecule has 1 heteroatoms. The van der Waals surface area contributed by atoms with Crippen LogP contribution in [-0.4, -0.2) is 11.2 Å². The van der Waals surface area contributed by atoms with Gasteiger partial charge in [0.15, 0.2) is 0 Å². The standard InChI is InChI=1S/C13H18O/c1-2-6-12(14)13(9-10-13)11-7-4-3-5-8-11/h3-5,7-8,12,14H,2,6,9-10H2,1H3/t12-/m0/s1. The van der Waals surface area contributed by atoms with Crippen LogP contribution >= 0.6 is 0 Å². The van der Waals surface area contributed by atoms with Gasteiger partial charge in [-0.2, -0.15) is 0 Å². The SMILES string of the molecule is CCC[C@H](O)C1(c2ccccc2)CC1. The van der Waals surface area contributed by atoms with Crippen LogP contribution in [0.2, 0.25) is 0 Å². The van der Waals surface area contributed by atoms with Gasteiger partial charge in [-0.3, -0.25) is 0 Å². The maximum atomic E-state index is 10.1. The van der Waals surface area contributed by atoms with E-state index < -0.39 is 0 Å². The summed E-state index contributed by atoms with van der Waals surface area (Å²) < 4.78 is 0. The number of rotatable bonds is 4. The van der Waals surface area contributed by atoms with Gasteiger partial charge < -0.3 is 5.11 Å². The summed E-state index contributed by atoms with van der Waals surface area (Å²) in [6, 6.07) is 10.5. The van der Waals surface area contributed by atoms with E-state index in [0.29, 0.717) is 0 Å². The summed E-state index contributed by atoms with van der Waals surface area (Å²) in [5, 5.41) is 10.1. The number of aliphatic hydroxyl groups is 1. The number of benzene rings is 1. The van der Waals surface area contributed by atoms with Crippen molar-refractivity contribution < 1.29 is 5.11 Å². The van der Waals surface area contributed by atoms with E-state index >= 15 is 0 Å². The van der Waals surface area contributed by atoms with Gasteiger partial charge in [0.2, 0.25) is 0 Å². The molecule has 1 nitrogen and oxygen atoms in total. The van der Waals surface area contributed by atoms with Gasteiger partial charge in [0.25, 0.3) is 0 Å². The molecule has 1 N–H and O–H groups in total. The maximum absolute atomic E-state index is 10.1. The molecule has 1 aliphatic carbocycles. The first-order valence-electron chi connectivity index (χ1n) is 5.53. The molecule has 0 bridgehead atoms. The molecule has 1 aromatic carbocycles. The topological polar surface area (TPSA) is 20.2 Å². The van der Waals surface area contributed by atoms with Crippen molar-refractivity contribution in [1.29, 1.82) is 0 Å². The Morgan fingerprint density at radius 3 is 2.43 bits per heavy atom. The minimum Gasteiger partial charge on any atom is -0.392 e. The Morgan fingerprint density at radius 2 is 1.93 bits per heavy atom. The molecule has 0 aromatic heterocycles. The Kier molecular flexibility index (Phi) is 2.60. The first kappa shape index (κ1) is 9.72. The Bertz CT molecular complexity index is 287. The molecule has 0 heterocycles. The number of aliphatic hydroxyl groups excluding tert-OH is 1. The summed E-state index contributed by atoms with van der Waals surface area (Å²) in [6.07, 6.45) is 4.15. The average Bonchev–Trinajstić information content (AvgIpc) is 3.00. The van der Waals surface area contributed by atoms with Crippen molar-refractivity contribution in [2.24, 2.45) is 0 Å². The quantitative estimate of drug-likeness (QED) is 0.774. The van der Waals surface area contributed by atoms with E-state index in [-0.39, 0.29) is 11.5 Å². The van der Waals surface area contributed by atoms with Gasteiger partial charge in [0.05, 0.1) is 6.10 Å². The van der Waals surface area contributed by atoms with Crippen LogP contribution in [0.25, 0.3) is 0 Å². The molecule has 1 aliphatic rings. The fourth-order valence-corrected chi connectivity index (χ4v) is 2.27. The summed E-state index contributed by atoms with van der Waals surface area (Å²) in [6.45, 7) is 2.13. The van der Waals surface area contributed by atoms with E-state index in [1.807, 2.05) is 6.07 Å². The molecule has 14 heavy (non-hydrogen) atoms. The number of hydrogen-bond acceptors (Lipinski definition) is 1. The van der Waals surface area contributed by atoms with Gasteiger partial charge in [-0.05, 0) is 24.8 Å². The molecule has 1 aromatic rings. The van der Waals surface area contributed by atoms with Crippen LogP contribution < -0.4 is 0 Å². The monoisotopic (exact) mass is 190 g/mol. The lowest BCUT2D eigenvalue weighted by atomic mass is 9.88. The third-order valence-corrected chi connectivity index (χ3v) is 3.34. The molecule has 1 atom stereocenters. The molecule has 0 radical (unpaired) electrons. The van der Waals surface area contributed by atoms with Crippen LogP contribution in [-0.2, 0) is 5.41 Å².